The number of urea groups is 1. The Kier molecular flexibility index (Phi) is 7.82. The molecule has 134 valence electrons. The van der Waals surface area contributed by atoms with Crippen molar-refractivity contribution in [1.82, 2.24) is 20.5 Å². The number of nitrogens with one attached hydrogen (secondary N) is 2. The number of likely N-dealkylation sites (tertiary alicyclic amines) is 1. The van der Waals surface area contributed by atoms with Crippen molar-refractivity contribution in [3.8, 4) is 0 Å². The lowest BCUT2D eigenvalue weighted by atomic mass is 10.1. The first-order valence-electron chi connectivity index (χ1n) is 9.16. The van der Waals surface area contributed by atoms with Crippen LogP contribution < -0.4 is 15.5 Å². The van der Waals surface area contributed by atoms with Crippen molar-refractivity contribution in [2.24, 2.45) is 0 Å². The SMILES string of the molecule is CCN(CC)c1ccc(CNC(=O)NCCN2CCCCC2)cn1. The van der Waals surface area contributed by atoms with Gasteiger partial charge in [-0.25, -0.2) is 9.78 Å². The zero-order valence-electron chi connectivity index (χ0n) is 15.1. The van der Waals surface area contributed by atoms with Gasteiger partial charge in [0.1, 0.15) is 5.82 Å². The molecular weight excluding hydrogens is 302 g/mol. The highest BCUT2D eigenvalue weighted by molar-refractivity contribution is 5.73. The minimum absolute atomic E-state index is 0.111. The first kappa shape index (κ1) is 18.5. The number of amides is 2. The zero-order chi connectivity index (χ0) is 17.2. The van der Waals surface area contributed by atoms with E-state index in [0.29, 0.717) is 13.1 Å². The van der Waals surface area contributed by atoms with Gasteiger partial charge in [-0.3, -0.25) is 0 Å². The Balaban J connectivity index is 1.65. The van der Waals surface area contributed by atoms with Crippen LogP contribution in [0.25, 0.3) is 0 Å². The first-order chi connectivity index (χ1) is 11.7. The van der Waals surface area contributed by atoms with Gasteiger partial charge >= 0.3 is 6.03 Å². The number of aromatic nitrogens is 1. The summed E-state index contributed by atoms with van der Waals surface area (Å²) in [4.78, 5) is 20.9. The van der Waals surface area contributed by atoms with E-state index >= 15 is 0 Å². The molecule has 0 aliphatic carbocycles. The van der Waals surface area contributed by atoms with Crippen LogP contribution in [0, 0.1) is 0 Å². The summed E-state index contributed by atoms with van der Waals surface area (Å²) in [6.45, 7) is 10.6. The predicted octanol–water partition coefficient (Wildman–Crippen LogP) is 2.21. The summed E-state index contributed by atoms with van der Waals surface area (Å²) in [5.41, 5.74) is 1.01. The molecule has 1 aromatic heterocycles. The maximum absolute atomic E-state index is 11.9. The molecule has 6 nitrogen and oxygen atoms in total. The number of carbonyl (C=O) groups excluding carboxylic acids is 1. The highest BCUT2D eigenvalue weighted by atomic mass is 16.2. The Morgan fingerprint density at radius 2 is 1.92 bits per heavy atom. The normalized spacial score (nSPS) is 15.1. The molecule has 2 rings (SSSR count). The number of nitrogens with zero attached hydrogens (tertiary/aromatic N) is 3. The monoisotopic (exact) mass is 333 g/mol. The van der Waals surface area contributed by atoms with Gasteiger partial charge in [0.05, 0.1) is 0 Å². The molecule has 2 N–H and O–H groups in total. The van der Waals surface area contributed by atoms with Crippen LogP contribution in [0.4, 0.5) is 10.6 Å². The van der Waals surface area contributed by atoms with Crippen LogP contribution in [0.1, 0.15) is 38.7 Å². The Bertz CT molecular complexity index is 481. The summed E-state index contributed by atoms with van der Waals surface area (Å²) in [6.07, 6.45) is 5.73. The Hall–Kier alpha value is -1.82. The molecule has 0 unspecified atom stereocenters. The molecule has 0 saturated carbocycles. The van der Waals surface area contributed by atoms with Crippen molar-refractivity contribution in [1.29, 1.82) is 0 Å². The Morgan fingerprint density at radius 1 is 1.17 bits per heavy atom. The number of pyridine rings is 1. The Labute approximate surface area is 145 Å². The van der Waals surface area contributed by atoms with Gasteiger partial charge in [0, 0.05) is 38.9 Å². The first-order valence-corrected chi connectivity index (χ1v) is 9.16. The third-order valence-electron chi connectivity index (χ3n) is 4.51. The second-order valence-corrected chi connectivity index (χ2v) is 6.21. The summed E-state index contributed by atoms with van der Waals surface area (Å²) in [5.74, 6) is 0.981. The summed E-state index contributed by atoms with van der Waals surface area (Å²) < 4.78 is 0. The summed E-state index contributed by atoms with van der Waals surface area (Å²) in [5, 5.41) is 5.82. The van der Waals surface area contributed by atoms with E-state index in [0.717, 1.165) is 44.1 Å². The molecule has 2 amide bonds. The number of anilines is 1. The molecule has 0 spiro atoms. The van der Waals surface area contributed by atoms with Crippen LogP contribution in [0.3, 0.4) is 0 Å². The van der Waals surface area contributed by atoms with Gasteiger partial charge in [0.25, 0.3) is 0 Å². The smallest absolute Gasteiger partial charge is 0.315 e. The lowest BCUT2D eigenvalue weighted by Gasteiger charge is -2.26. The third kappa shape index (κ3) is 6.00. The molecule has 24 heavy (non-hydrogen) atoms. The van der Waals surface area contributed by atoms with Crippen LogP contribution in [0.2, 0.25) is 0 Å². The molecule has 0 radical (unpaired) electrons. The van der Waals surface area contributed by atoms with Crippen molar-refractivity contribution in [3.05, 3.63) is 23.9 Å². The number of carbonyl (C=O) groups is 1. The molecule has 6 heteroatoms. The maximum atomic E-state index is 11.9. The van der Waals surface area contributed by atoms with Gasteiger partial charge in [-0.1, -0.05) is 12.5 Å². The largest absolute Gasteiger partial charge is 0.357 e. The van der Waals surface area contributed by atoms with Crippen LogP contribution in [0.15, 0.2) is 18.3 Å². The van der Waals surface area contributed by atoms with E-state index in [-0.39, 0.29) is 6.03 Å². The zero-order valence-corrected chi connectivity index (χ0v) is 15.1. The fourth-order valence-corrected chi connectivity index (χ4v) is 3.01. The van der Waals surface area contributed by atoms with E-state index in [4.69, 9.17) is 0 Å². The van der Waals surface area contributed by atoms with Crippen molar-refractivity contribution in [2.45, 2.75) is 39.7 Å². The summed E-state index contributed by atoms with van der Waals surface area (Å²) in [6, 6.07) is 3.92. The van der Waals surface area contributed by atoms with Crippen LogP contribution in [-0.4, -0.2) is 55.2 Å². The van der Waals surface area contributed by atoms with Gasteiger partial charge in [-0.15, -0.1) is 0 Å². The lowest BCUT2D eigenvalue weighted by Crippen LogP contribution is -2.41. The van der Waals surface area contributed by atoms with Gasteiger partial charge in [-0.2, -0.15) is 0 Å². The standard InChI is InChI=1S/C18H31N5O/c1-3-23(4-2)17-9-8-16(14-20-17)15-21-18(24)19-10-13-22-11-6-5-7-12-22/h8-9,14H,3-7,10-13,15H2,1-2H3,(H2,19,21,24). The fourth-order valence-electron chi connectivity index (χ4n) is 3.01. The molecule has 0 atom stereocenters. The predicted molar refractivity (Wildman–Crippen MR) is 98.3 cm³/mol. The third-order valence-corrected chi connectivity index (χ3v) is 4.51. The Morgan fingerprint density at radius 3 is 2.54 bits per heavy atom. The second kappa shape index (κ2) is 10.1. The van der Waals surface area contributed by atoms with E-state index in [1.165, 1.54) is 19.3 Å². The van der Waals surface area contributed by atoms with Crippen LogP contribution >= 0.6 is 0 Å². The summed E-state index contributed by atoms with van der Waals surface area (Å²) in [7, 11) is 0. The van der Waals surface area contributed by atoms with E-state index in [1.807, 2.05) is 18.3 Å². The minimum Gasteiger partial charge on any atom is -0.357 e. The highest BCUT2D eigenvalue weighted by Crippen LogP contribution is 2.10. The van der Waals surface area contributed by atoms with Crippen molar-refractivity contribution < 1.29 is 4.79 Å². The molecule has 0 bridgehead atoms. The topological polar surface area (TPSA) is 60.5 Å². The fraction of sp³-hybridized carbons (Fsp3) is 0.667. The number of piperidine rings is 1. The second-order valence-electron chi connectivity index (χ2n) is 6.21. The van der Waals surface area contributed by atoms with Crippen LogP contribution in [-0.2, 0) is 6.54 Å². The van der Waals surface area contributed by atoms with Gasteiger partial charge in [-0.05, 0) is 51.4 Å². The van der Waals surface area contributed by atoms with Gasteiger partial charge < -0.3 is 20.4 Å². The quantitative estimate of drug-likeness (QED) is 0.766. The van der Waals surface area contributed by atoms with Crippen molar-refractivity contribution >= 4 is 11.8 Å². The molecule has 0 aromatic carbocycles. The molecule has 1 fully saturated rings. The molecule has 1 aromatic rings. The maximum Gasteiger partial charge on any atom is 0.315 e. The van der Waals surface area contributed by atoms with Gasteiger partial charge in [0.2, 0.25) is 0 Å². The minimum atomic E-state index is -0.111. The van der Waals surface area contributed by atoms with Crippen LogP contribution in [0.5, 0.6) is 0 Å². The van der Waals surface area contributed by atoms with Crippen molar-refractivity contribution in [3.63, 3.8) is 0 Å². The van der Waals surface area contributed by atoms with E-state index in [2.05, 4.69) is 39.3 Å². The number of rotatable bonds is 8. The molecule has 1 aliphatic heterocycles. The van der Waals surface area contributed by atoms with E-state index < -0.39 is 0 Å². The van der Waals surface area contributed by atoms with Gasteiger partial charge in [0.15, 0.2) is 0 Å². The highest BCUT2D eigenvalue weighted by Gasteiger charge is 2.10. The lowest BCUT2D eigenvalue weighted by molar-refractivity contribution is 0.220. The average Bonchev–Trinajstić information content (AvgIpc) is 2.63. The summed E-state index contributed by atoms with van der Waals surface area (Å²) >= 11 is 0. The molecule has 1 aliphatic rings. The van der Waals surface area contributed by atoms with E-state index in [1.54, 1.807) is 0 Å². The van der Waals surface area contributed by atoms with E-state index in [9.17, 15) is 4.79 Å². The van der Waals surface area contributed by atoms with Crippen molar-refractivity contribution in [2.75, 3.05) is 44.2 Å². The molecular formula is C18H31N5O. The average molecular weight is 333 g/mol. The molecule has 1 saturated heterocycles. The molecule has 2 heterocycles. The number of hydrogen-bond donors (Lipinski definition) is 2. The number of hydrogen-bond acceptors (Lipinski definition) is 4.